The number of piperazine rings is 1. The Morgan fingerprint density at radius 2 is 1.92 bits per heavy atom. The fourth-order valence-electron chi connectivity index (χ4n) is 4.25. The topological polar surface area (TPSA) is 77.1 Å². The molecule has 4 aromatic rings. The summed E-state index contributed by atoms with van der Waals surface area (Å²) in [7, 11) is 2.16. The van der Waals surface area contributed by atoms with E-state index in [1.807, 2.05) is 30.3 Å². The molecule has 0 atom stereocenters. The summed E-state index contributed by atoms with van der Waals surface area (Å²) in [5.74, 6) is 5.98. The van der Waals surface area contributed by atoms with Crippen LogP contribution >= 0.6 is 15.9 Å². The first-order chi connectivity index (χ1) is 17.4. The van der Waals surface area contributed by atoms with E-state index in [1.54, 1.807) is 18.5 Å². The number of halogens is 1. The van der Waals surface area contributed by atoms with Crippen LogP contribution in [-0.4, -0.2) is 64.1 Å². The van der Waals surface area contributed by atoms with Gasteiger partial charge in [0.15, 0.2) is 0 Å². The Hall–Kier alpha value is -3.51. The van der Waals surface area contributed by atoms with Gasteiger partial charge in [0.1, 0.15) is 5.69 Å². The minimum atomic E-state index is -0.215. The third-order valence-electron chi connectivity index (χ3n) is 6.44. The van der Waals surface area contributed by atoms with Crippen LogP contribution in [0.15, 0.2) is 59.3 Å². The summed E-state index contributed by atoms with van der Waals surface area (Å²) in [6.45, 7) is 7.38. The van der Waals surface area contributed by atoms with Gasteiger partial charge in [0.25, 0.3) is 5.91 Å². The number of H-pyrrole nitrogens is 1. The first kappa shape index (κ1) is 24.2. The monoisotopic (exact) mass is 542 g/mol. The molecule has 1 aliphatic heterocycles. The maximum absolute atomic E-state index is 12.9. The van der Waals surface area contributed by atoms with Crippen LogP contribution in [0, 0.1) is 18.8 Å². The van der Waals surface area contributed by atoms with Gasteiger partial charge in [0.05, 0.1) is 11.1 Å². The first-order valence-electron chi connectivity index (χ1n) is 11.9. The zero-order valence-corrected chi connectivity index (χ0v) is 21.9. The average molecular weight is 543 g/mol. The van der Waals surface area contributed by atoms with Crippen molar-refractivity contribution in [1.29, 1.82) is 0 Å². The van der Waals surface area contributed by atoms with Gasteiger partial charge in [-0.25, -0.2) is 0 Å². The van der Waals surface area contributed by atoms with Gasteiger partial charge in [-0.3, -0.25) is 19.8 Å². The summed E-state index contributed by atoms with van der Waals surface area (Å²) in [6, 6.07) is 13.7. The Balaban J connectivity index is 1.26. The lowest BCUT2D eigenvalue weighted by atomic mass is 10.1. The number of hydrogen-bond acceptors (Lipinski definition) is 5. The number of carbonyl (C=O) groups is 1. The van der Waals surface area contributed by atoms with Gasteiger partial charge >= 0.3 is 0 Å². The number of hydrogen-bond donors (Lipinski definition) is 2. The average Bonchev–Trinajstić information content (AvgIpc) is 3.28. The molecule has 0 unspecified atom stereocenters. The van der Waals surface area contributed by atoms with Gasteiger partial charge < -0.3 is 10.2 Å². The van der Waals surface area contributed by atoms with Crippen LogP contribution < -0.4 is 5.32 Å². The minimum absolute atomic E-state index is 0.215. The molecule has 8 heteroatoms. The lowest BCUT2D eigenvalue weighted by Gasteiger charge is -2.32. The molecular weight excluding hydrogens is 516 g/mol. The van der Waals surface area contributed by atoms with Gasteiger partial charge in [0.2, 0.25) is 0 Å². The molecule has 0 aliphatic carbocycles. The van der Waals surface area contributed by atoms with E-state index < -0.39 is 0 Å². The van der Waals surface area contributed by atoms with Crippen molar-refractivity contribution in [3.63, 3.8) is 0 Å². The van der Waals surface area contributed by atoms with Gasteiger partial charge in [0, 0.05) is 66.2 Å². The molecular formula is C28H27BrN6O. The molecule has 7 nitrogen and oxygen atoms in total. The highest BCUT2D eigenvalue weighted by molar-refractivity contribution is 9.10. The van der Waals surface area contributed by atoms with E-state index in [9.17, 15) is 4.79 Å². The molecule has 1 saturated heterocycles. The number of carbonyl (C=O) groups excluding carboxylic acids is 1. The number of nitrogens with zero attached hydrogens (tertiary/aromatic N) is 4. The molecule has 0 saturated carbocycles. The van der Waals surface area contributed by atoms with E-state index in [1.165, 1.54) is 11.1 Å². The number of amides is 1. The van der Waals surface area contributed by atoms with E-state index in [4.69, 9.17) is 0 Å². The standard InChI is InChI=1S/C28H27BrN6O/c1-19-13-24(6-4-21(19)18-35-11-9-34(2)10-12-35)31-28(36)22-14-20(16-30-17-22)3-7-26-25-15-23(29)5-8-27(25)33-32-26/h4-6,8,13-17H,9-12,18H2,1-2H3,(H,31,36)(H,32,33). The third-order valence-corrected chi connectivity index (χ3v) is 6.93. The third kappa shape index (κ3) is 5.65. The van der Waals surface area contributed by atoms with Crippen LogP contribution in [0.25, 0.3) is 10.9 Å². The number of aromatic nitrogens is 3. The Bertz CT molecular complexity index is 1480. The van der Waals surface area contributed by atoms with Crippen LogP contribution in [-0.2, 0) is 6.54 Å². The smallest absolute Gasteiger partial charge is 0.257 e. The molecule has 2 aromatic heterocycles. The van der Waals surface area contributed by atoms with Crippen LogP contribution in [0.4, 0.5) is 5.69 Å². The zero-order chi connectivity index (χ0) is 25.1. The molecule has 0 radical (unpaired) electrons. The molecule has 0 bridgehead atoms. The van der Waals surface area contributed by atoms with Crippen LogP contribution in [0.3, 0.4) is 0 Å². The fraction of sp³-hybridized carbons (Fsp3) is 0.250. The van der Waals surface area contributed by atoms with E-state index >= 15 is 0 Å². The molecule has 3 heterocycles. The lowest BCUT2D eigenvalue weighted by Crippen LogP contribution is -2.43. The largest absolute Gasteiger partial charge is 0.322 e. The molecule has 1 fully saturated rings. The molecule has 2 aromatic carbocycles. The minimum Gasteiger partial charge on any atom is -0.322 e. The highest BCUT2D eigenvalue weighted by atomic mass is 79.9. The van der Waals surface area contributed by atoms with Crippen molar-refractivity contribution in [3.8, 4) is 11.8 Å². The number of likely N-dealkylation sites (N-methyl/N-ethyl adjacent to an activating group) is 1. The van der Waals surface area contributed by atoms with E-state index in [-0.39, 0.29) is 5.91 Å². The molecule has 0 spiro atoms. The van der Waals surface area contributed by atoms with Crippen molar-refractivity contribution in [1.82, 2.24) is 25.0 Å². The van der Waals surface area contributed by atoms with Gasteiger partial charge in [-0.1, -0.05) is 27.9 Å². The van der Waals surface area contributed by atoms with Crippen molar-refractivity contribution in [2.24, 2.45) is 0 Å². The maximum Gasteiger partial charge on any atom is 0.257 e. The SMILES string of the molecule is Cc1cc(NC(=O)c2cncc(C#Cc3[nH]nc4ccc(Br)cc34)c2)ccc1CN1CCN(C)CC1. The Morgan fingerprint density at radius 1 is 1.08 bits per heavy atom. The van der Waals surface area contributed by atoms with Gasteiger partial charge in [-0.2, -0.15) is 5.10 Å². The molecule has 5 rings (SSSR count). The molecule has 182 valence electrons. The van der Waals surface area contributed by atoms with Crippen LogP contribution in [0.2, 0.25) is 0 Å². The van der Waals surface area contributed by atoms with E-state index in [2.05, 4.69) is 78.1 Å². The predicted molar refractivity (Wildman–Crippen MR) is 146 cm³/mol. The molecule has 1 aliphatic rings. The van der Waals surface area contributed by atoms with Gasteiger partial charge in [-0.15, -0.1) is 0 Å². The normalized spacial score (nSPS) is 14.4. The zero-order valence-electron chi connectivity index (χ0n) is 20.3. The number of benzene rings is 2. The summed E-state index contributed by atoms with van der Waals surface area (Å²) in [5.41, 5.74) is 5.90. The van der Waals surface area contributed by atoms with Crippen LogP contribution in [0.1, 0.15) is 32.7 Å². The highest BCUT2D eigenvalue weighted by Crippen LogP contribution is 2.21. The van der Waals surface area contributed by atoms with Crippen molar-refractivity contribution < 1.29 is 4.79 Å². The summed E-state index contributed by atoms with van der Waals surface area (Å²) in [5, 5.41) is 11.2. The first-order valence-corrected chi connectivity index (χ1v) is 12.7. The second-order valence-corrected chi connectivity index (χ2v) is 10.1. The van der Waals surface area contributed by atoms with Crippen LogP contribution in [0.5, 0.6) is 0 Å². The second-order valence-electron chi connectivity index (χ2n) is 9.15. The predicted octanol–water partition coefficient (Wildman–Crippen LogP) is 4.43. The summed E-state index contributed by atoms with van der Waals surface area (Å²) in [4.78, 5) is 22.0. The summed E-state index contributed by atoms with van der Waals surface area (Å²) >= 11 is 3.48. The van der Waals surface area contributed by atoms with Crippen molar-refractivity contribution >= 4 is 38.4 Å². The van der Waals surface area contributed by atoms with Crippen molar-refractivity contribution in [3.05, 3.63) is 87.3 Å². The molecule has 1 amide bonds. The number of fused-ring (bicyclic) bond motifs is 1. The Kier molecular flexibility index (Phi) is 7.14. The Labute approximate surface area is 219 Å². The quantitative estimate of drug-likeness (QED) is 0.373. The number of aromatic amines is 1. The molecule has 2 N–H and O–H groups in total. The summed E-state index contributed by atoms with van der Waals surface area (Å²) in [6.07, 6.45) is 3.20. The number of nitrogens with one attached hydrogen (secondary N) is 2. The number of anilines is 1. The van der Waals surface area contributed by atoms with Crippen molar-refractivity contribution in [2.45, 2.75) is 13.5 Å². The second kappa shape index (κ2) is 10.6. The fourth-order valence-corrected chi connectivity index (χ4v) is 4.61. The highest BCUT2D eigenvalue weighted by Gasteiger charge is 2.15. The number of aryl methyl sites for hydroxylation is 1. The maximum atomic E-state index is 12.9. The van der Waals surface area contributed by atoms with E-state index in [0.29, 0.717) is 16.8 Å². The lowest BCUT2D eigenvalue weighted by molar-refractivity contribution is 0.102. The summed E-state index contributed by atoms with van der Waals surface area (Å²) < 4.78 is 0.961. The molecule has 36 heavy (non-hydrogen) atoms. The Morgan fingerprint density at radius 3 is 2.72 bits per heavy atom. The van der Waals surface area contributed by atoms with Crippen molar-refractivity contribution in [2.75, 3.05) is 38.5 Å². The number of rotatable bonds is 4. The van der Waals surface area contributed by atoms with Gasteiger partial charge in [-0.05, 0) is 67.4 Å². The number of pyridine rings is 1. The van der Waals surface area contributed by atoms with E-state index in [0.717, 1.165) is 53.8 Å².